The highest BCUT2D eigenvalue weighted by Crippen LogP contribution is 2.18. The average Bonchev–Trinajstić information content (AvgIpc) is 2.25. The predicted octanol–water partition coefficient (Wildman–Crippen LogP) is 2.00. The molecule has 2 N–H and O–H groups in total. The number of anilines is 1. The Kier molecular flexibility index (Phi) is 5.25. The lowest BCUT2D eigenvalue weighted by atomic mass is 10.2. The van der Waals surface area contributed by atoms with Gasteiger partial charge in [-0.2, -0.15) is 0 Å². The fraction of sp³-hybridized carbons (Fsp3) is 0.417. The van der Waals surface area contributed by atoms with E-state index in [1.807, 2.05) is 0 Å². The minimum absolute atomic E-state index is 0.0889. The highest BCUT2D eigenvalue weighted by Gasteiger charge is 2.11. The number of carbonyl (C=O) groups is 1. The molecule has 0 saturated heterocycles. The van der Waals surface area contributed by atoms with Crippen LogP contribution in [0.2, 0.25) is 5.02 Å². The van der Waals surface area contributed by atoms with Crippen LogP contribution in [0.25, 0.3) is 0 Å². The monoisotopic (exact) mass is 257 g/mol. The number of halogens is 1. The number of benzene rings is 1. The molecule has 0 aromatic heterocycles. The third-order valence-corrected chi connectivity index (χ3v) is 2.59. The number of aliphatic carboxylic acids is 1. The van der Waals surface area contributed by atoms with Crippen LogP contribution in [0.1, 0.15) is 13.3 Å². The van der Waals surface area contributed by atoms with Gasteiger partial charge in [0.25, 0.3) is 0 Å². The van der Waals surface area contributed by atoms with E-state index in [2.05, 4.69) is 0 Å². The molecule has 0 aliphatic rings. The SMILES string of the molecule is CC(O)CCN(CC(=O)O)c1ccc(Cl)cc1. The second-order valence-corrected chi connectivity index (χ2v) is 4.37. The normalized spacial score (nSPS) is 12.2. The van der Waals surface area contributed by atoms with E-state index < -0.39 is 12.1 Å². The van der Waals surface area contributed by atoms with E-state index in [1.54, 1.807) is 36.1 Å². The molecule has 0 amide bonds. The lowest BCUT2D eigenvalue weighted by Gasteiger charge is -2.23. The Bertz CT molecular complexity index is 365. The van der Waals surface area contributed by atoms with Gasteiger partial charge in [-0.05, 0) is 37.6 Å². The first-order chi connectivity index (χ1) is 7.99. The molecule has 1 aromatic carbocycles. The Labute approximate surface area is 105 Å². The van der Waals surface area contributed by atoms with Crippen molar-refractivity contribution >= 4 is 23.3 Å². The lowest BCUT2D eigenvalue weighted by molar-refractivity contribution is -0.135. The molecule has 94 valence electrons. The summed E-state index contributed by atoms with van der Waals surface area (Å²) in [5, 5.41) is 18.7. The first kappa shape index (κ1) is 13.8. The smallest absolute Gasteiger partial charge is 0.323 e. The molecule has 4 nitrogen and oxygen atoms in total. The summed E-state index contributed by atoms with van der Waals surface area (Å²) in [6.07, 6.45) is 0.0780. The minimum Gasteiger partial charge on any atom is -0.480 e. The van der Waals surface area contributed by atoms with Gasteiger partial charge < -0.3 is 15.1 Å². The van der Waals surface area contributed by atoms with Crippen molar-refractivity contribution in [2.75, 3.05) is 18.0 Å². The van der Waals surface area contributed by atoms with E-state index in [-0.39, 0.29) is 6.54 Å². The van der Waals surface area contributed by atoms with Crippen LogP contribution in [0.3, 0.4) is 0 Å². The van der Waals surface area contributed by atoms with Gasteiger partial charge >= 0.3 is 5.97 Å². The highest BCUT2D eigenvalue weighted by atomic mass is 35.5. The molecular weight excluding hydrogens is 242 g/mol. The Morgan fingerprint density at radius 2 is 2.00 bits per heavy atom. The summed E-state index contributed by atoms with van der Waals surface area (Å²) in [4.78, 5) is 12.5. The van der Waals surface area contributed by atoms with E-state index in [0.29, 0.717) is 18.0 Å². The number of hydrogen-bond acceptors (Lipinski definition) is 3. The van der Waals surface area contributed by atoms with Crippen molar-refractivity contribution in [3.05, 3.63) is 29.3 Å². The summed E-state index contributed by atoms with van der Waals surface area (Å²) in [6, 6.07) is 6.98. The van der Waals surface area contributed by atoms with E-state index in [1.165, 1.54) is 0 Å². The predicted molar refractivity (Wildman–Crippen MR) is 67.6 cm³/mol. The average molecular weight is 258 g/mol. The summed E-state index contributed by atoms with van der Waals surface area (Å²) in [7, 11) is 0. The number of carboxylic acids is 1. The topological polar surface area (TPSA) is 60.8 Å². The van der Waals surface area contributed by atoms with E-state index >= 15 is 0 Å². The van der Waals surface area contributed by atoms with Gasteiger partial charge in [0.05, 0.1) is 6.10 Å². The maximum atomic E-state index is 10.8. The quantitative estimate of drug-likeness (QED) is 0.818. The van der Waals surface area contributed by atoms with Gasteiger partial charge in [-0.1, -0.05) is 11.6 Å². The molecule has 0 heterocycles. The molecule has 0 saturated carbocycles. The van der Waals surface area contributed by atoms with Crippen LogP contribution in [0.5, 0.6) is 0 Å². The maximum absolute atomic E-state index is 10.8. The summed E-state index contributed by atoms with van der Waals surface area (Å²) in [5.74, 6) is -0.898. The van der Waals surface area contributed by atoms with Crippen LogP contribution >= 0.6 is 11.6 Å². The van der Waals surface area contributed by atoms with Crippen LogP contribution in [0.4, 0.5) is 5.69 Å². The van der Waals surface area contributed by atoms with Gasteiger partial charge in [-0.25, -0.2) is 0 Å². The zero-order valence-corrected chi connectivity index (χ0v) is 10.4. The molecule has 0 spiro atoms. The minimum atomic E-state index is -0.898. The number of aliphatic hydroxyl groups is 1. The molecule has 1 unspecified atom stereocenters. The van der Waals surface area contributed by atoms with Crippen molar-refractivity contribution in [3.63, 3.8) is 0 Å². The zero-order valence-electron chi connectivity index (χ0n) is 9.64. The van der Waals surface area contributed by atoms with Crippen LogP contribution in [0.15, 0.2) is 24.3 Å². The van der Waals surface area contributed by atoms with E-state index in [0.717, 1.165) is 5.69 Å². The molecule has 0 fully saturated rings. The largest absolute Gasteiger partial charge is 0.480 e. The Morgan fingerprint density at radius 3 is 2.47 bits per heavy atom. The van der Waals surface area contributed by atoms with Crippen LogP contribution in [0, 0.1) is 0 Å². The van der Waals surface area contributed by atoms with Crippen molar-refractivity contribution in [1.29, 1.82) is 0 Å². The molecule has 1 aromatic rings. The Morgan fingerprint density at radius 1 is 1.41 bits per heavy atom. The maximum Gasteiger partial charge on any atom is 0.323 e. The first-order valence-electron chi connectivity index (χ1n) is 5.39. The fourth-order valence-electron chi connectivity index (χ4n) is 1.46. The Balaban J connectivity index is 2.74. The molecule has 0 aliphatic carbocycles. The number of aliphatic hydroxyl groups excluding tert-OH is 1. The molecular formula is C12H16ClNO3. The van der Waals surface area contributed by atoms with Gasteiger partial charge in [0, 0.05) is 17.3 Å². The summed E-state index contributed by atoms with van der Waals surface area (Å²) in [6.45, 7) is 2.08. The van der Waals surface area contributed by atoms with Crippen molar-refractivity contribution < 1.29 is 15.0 Å². The summed E-state index contributed by atoms with van der Waals surface area (Å²) < 4.78 is 0. The summed E-state index contributed by atoms with van der Waals surface area (Å²) >= 11 is 5.77. The van der Waals surface area contributed by atoms with Crippen LogP contribution in [-0.4, -0.2) is 35.4 Å². The van der Waals surface area contributed by atoms with Crippen molar-refractivity contribution in [1.82, 2.24) is 0 Å². The number of rotatable bonds is 6. The number of carboxylic acid groups (broad SMARTS) is 1. The third-order valence-electron chi connectivity index (χ3n) is 2.33. The molecule has 0 aliphatic heterocycles. The van der Waals surface area contributed by atoms with Gasteiger partial charge in [0.15, 0.2) is 0 Å². The van der Waals surface area contributed by atoms with Crippen LogP contribution < -0.4 is 4.90 Å². The second kappa shape index (κ2) is 6.47. The first-order valence-corrected chi connectivity index (χ1v) is 5.77. The van der Waals surface area contributed by atoms with Crippen LogP contribution in [-0.2, 0) is 4.79 Å². The molecule has 0 radical (unpaired) electrons. The van der Waals surface area contributed by atoms with Crippen molar-refractivity contribution in [2.24, 2.45) is 0 Å². The van der Waals surface area contributed by atoms with Gasteiger partial charge in [-0.3, -0.25) is 4.79 Å². The highest BCUT2D eigenvalue weighted by molar-refractivity contribution is 6.30. The molecule has 0 bridgehead atoms. The number of hydrogen-bond donors (Lipinski definition) is 2. The van der Waals surface area contributed by atoms with Crippen molar-refractivity contribution in [2.45, 2.75) is 19.4 Å². The van der Waals surface area contributed by atoms with E-state index in [4.69, 9.17) is 16.7 Å². The standard InChI is InChI=1S/C12H16ClNO3/c1-9(15)6-7-14(8-12(16)17)11-4-2-10(13)3-5-11/h2-5,9,15H,6-8H2,1H3,(H,16,17). The fourth-order valence-corrected chi connectivity index (χ4v) is 1.58. The Hall–Kier alpha value is -1.26. The van der Waals surface area contributed by atoms with Gasteiger partial charge in [-0.15, -0.1) is 0 Å². The summed E-state index contributed by atoms with van der Waals surface area (Å²) in [5.41, 5.74) is 0.789. The second-order valence-electron chi connectivity index (χ2n) is 3.93. The zero-order chi connectivity index (χ0) is 12.8. The molecule has 1 atom stereocenters. The van der Waals surface area contributed by atoms with Crippen molar-refractivity contribution in [3.8, 4) is 0 Å². The van der Waals surface area contributed by atoms with Gasteiger partial charge in [0.1, 0.15) is 6.54 Å². The molecule has 1 rings (SSSR count). The molecule has 5 heteroatoms. The van der Waals surface area contributed by atoms with E-state index in [9.17, 15) is 9.90 Å². The molecule has 17 heavy (non-hydrogen) atoms. The third kappa shape index (κ3) is 5.06. The number of nitrogens with zero attached hydrogens (tertiary/aromatic N) is 1. The lowest BCUT2D eigenvalue weighted by Crippen LogP contribution is -2.32. The van der Waals surface area contributed by atoms with Gasteiger partial charge in [0.2, 0.25) is 0 Å².